The zero-order valence-corrected chi connectivity index (χ0v) is 30.2. The minimum Gasteiger partial charge on any atom is -0.251 e. The van der Waals surface area contributed by atoms with Gasteiger partial charge in [0.25, 0.3) is 0 Å². The standard InChI is InChI=1S/C50H40N2/c1-5-35-25-22-31-23-27-39-40(30-36(6-2)52-48(39)47(31)51-35)34-15-13-14-32(28-34)33-24-26-38-37-16-7-8-17-41(37)50(46(38)29-33)44-20-11-9-18-42(44)49(3,4)43-19-10-12-21-45(43)50/h7-30H,5-6H2,1-4H3. The molecule has 1 spiro atoms. The molecule has 250 valence electrons. The fourth-order valence-corrected chi connectivity index (χ4v) is 9.49. The van der Waals surface area contributed by atoms with Crippen LogP contribution >= 0.6 is 0 Å². The van der Waals surface area contributed by atoms with Gasteiger partial charge in [-0.05, 0) is 104 Å². The monoisotopic (exact) mass is 668 g/mol. The summed E-state index contributed by atoms with van der Waals surface area (Å²) in [4.78, 5) is 10.2. The van der Waals surface area contributed by atoms with Crippen LogP contribution < -0.4 is 0 Å². The molecule has 0 saturated heterocycles. The van der Waals surface area contributed by atoms with Gasteiger partial charge in [0.2, 0.25) is 0 Å². The number of hydrogen-bond acceptors (Lipinski definition) is 2. The van der Waals surface area contributed by atoms with E-state index in [4.69, 9.17) is 9.97 Å². The van der Waals surface area contributed by atoms with E-state index < -0.39 is 5.41 Å². The second-order valence-corrected chi connectivity index (χ2v) is 15.1. The quantitative estimate of drug-likeness (QED) is 0.174. The van der Waals surface area contributed by atoms with Crippen LogP contribution in [0.2, 0.25) is 0 Å². The summed E-state index contributed by atoms with van der Waals surface area (Å²) in [6, 6.07) is 54.7. The van der Waals surface area contributed by atoms with Gasteiger partial charge in [-0.2, -0.15) is 0 Å². The topological polar surface area (TPSA) is 25.8 Å². The third-order valence-corrected chi connectivity index (χ3v) is 12.0. The summed E-state index contributed by atoms with van der Waals surface area (Å²) in [6.45, 7) is 9.11. The van der Waals surface area contributed by atoms with Crippen LogP contribution in [0.25, 0.3) is 55.2 Å². The molecule has 2 aliphatic rings. The summed E-state index contributed by atoms with van der Waals surface area (Å²) >= 11 is 0. The number of rotatable bonds is 4. The van der Waals surface area contributed by atoms with Gasteiger partial charge >= 0.3 is 0 Å². The van der Waals surface area contributed by atoms with Crippen molar-refractivity contribution in [2.45, 2.75) is 51.4 Å². The van der Waals surface area contributed by atoms with Crippen molar-refractivity contribution in [3.8, 4) is 33.4 Å². The van der Waals surface area contributed by atoms with Crippen LogP contribution in [0, 0.1) is 0 Å². The molecule has 2 heterocycles. The second-order valence-electron chi connectivity index (χ2n) is 15.1. The third-order valence-electron chi connectivity index (χ3n) is 12.0. The Kier molecular flexibility index (Phi) is 6.73. The molecule has 8 aromatic rings. The number of fused-ring (bicyclic) bond motifs is 12. The molecule has 2 nitrogen and oxygen atoms in total. The molecule has 2 aliphatic carbocycles. The first-order chi connectivity index (χ1) is 25.4. The summed E-state index contributed by atoms with van der Waals surface area (Å²) in [5, 5.41) is 2.27. The molecule has 2 heteroatoms. The number of pyridine rings is 2. The molecule has 0 atom stereocenters. The molecule has 0 N–H and O–H groups in total. The van der Waals surface area contributed by atoms with Gasteiger partial charge in [-0.15, -0.1) is 0 Å². The molecule has 0 bridgehead atoms. The second kappa shape index (κ2) is 11.3. The molecule has 0 saturated carbocycles. The Balaban J connectivity index is 1.20. The summed E-state index contributed by atoms with van der Waals surface area (Å²) < 4.78 is 0. The fraction of sp³-hybridized carbons (Fsp3) is 0.160. The van der Waals surface area contributed by atoms with Gasteiger partial charge in [0, 0.05) is 27.6 Å². The van der Waals surface area contributed by atoms with E-state index in [9.17, 15) is 0 Å². The molecule has 0 radical (unpaired) electrons. The van der Waals surface area contributed by atoms with E-state index in [2.05, 4.69) is 173 Å². The molecule has 6 aromatic carbocycles. The highest BCUT2D eigenvalue weighted by Crippen LogP contribution is 2.62. The van der Waals surface area contributed by atoms with E-state index in [0.717, 1.165) is 46.0 Å². The summed E-state index contributed by atoms with van der Waals surface area (Å²) in [5.74, 6) is 0. The first kappa shape index (κ1) is 30.9. The highest BCUT2D eigenvalue weighted by Gasteiger charge is 2.53. The molecule has 0 unspecified atom stereocenters. The Morgan fingerprint density at radius 1 is 0.423 bits per heavy atom. The van der Waals surface area contributed by atoms with Gasteiger partial charge in [-0.3, -0.25) is 9.97 Å². The molecular formula is C50H40N2. The lowest BCUT2D eigenvalue weighted by atomic mass is 9.55. The minimum absolute atomic E-state index is 0.119. The maximum Gasteiger partial charge on any atom is 0.0974 e. The van der Waals surface area contributed by atoms with Crippen molar-refractivity contribution in [3.63, 3.8) is 0 Å². The van der Waals surface area contributed by atoms with Crippen LogP contribution in [0.15, 0.2) is 146 Å². The smallest absolute Gasteiger partial charge is 0.0974 e. The average molecular weight is 669 g/mol. The third kappa shape index (κ3) is 4.18. The van der Waals surface area contributed by atoms with Crippen molar-refractivity contribution in [1.29, 1.82) is 0 Å². The molecule has 0 aliphatic heterocycles. The normalized spacial score (nSPS) is 14.6. The van der Waals surface area contributed by atoms with Gasteiger partial charge in [0.05, 0.1) is 16.4 Å². The van der Waals surface area contributed by atoms with Crippen molar-refractivity contribution < 1.29 is 0 Å². The first-order valence-electron chi connectivity index (χ1n) is 18.7. The van der Waals surface area contributed by atoms with Crippen molar-refractivity contribution in [3.05, 3.63) is 190 Å². The number of aromatic nitrogens is 2. The van der Waals surface area contributed by atoms with Crippen molar-refractivity contribution >= 4 is 21.8 Å². The van der Waals surface area contributed by atoms with E-state index >= 15 is 0 Å². The Morgan fingerprint density at radius 3 is 1.75 bits per heavy atom. The minimum atomic E-state index is -0.412. The van der Waals surface area contributed by atoms with E-state index in [1.165, 1.54) is 66.8 Å². The molecule has 0 amide bonds. The van der Waals surface area contributed by atoms with Crippen LogP contribution in [0.1, 0.15) is 72.5 Å². The van der Waals surface area contributed by atoms with Gasteiger partial charge < -0.3 is 0 Å². The van der Waals surface area contributed by atoms with Crippen molar-refractivity contribution in [2.75, 3.05) is 0 Å². The van der Waals surface area contributed by atoms with E-state index in [0.29, 0.717) is 0 Å². The van der Waals surface area contributed by atoms with Crippen LogP contribution in [-0.2, 0) is 23.7 Å². The summed E-state index contributed by atoms with van der Waals surface area (Å²) in [6.07, 6.45) is 1.76. The fourth-order valence-electron chi connectivity index (χ4n) is 9.49. The lowest BCUT2D eigenvalue weighted by Gasteiger charge is -2.46. The highest BCUT2D eigenvalue weighted by molar-refractivity contribution is 6.08. The van der Waals surface area contributed by atoms with Crippen LogP contribution in [0.3, 0.4) is 0 Å². The Labute approximate surface area is 305 Å². The number of nitrogens with zero attached hydrogens (tertiary/aromatic N) is 2. The highest BCUT2D eigenvalue weighted by atomic mass is 14.8. The maximum absolute atomic E-state index is 5.16. The molecule has 0 fully saturated rings. The summed E-state index contributed by atoms with van der Waals surface area (Å²) in [7, 11) is 0. The predicted octanol–water partition coefficient (Wildman–Crippen LogP) is 12.2. The Morgan fingerprint density at radius 2 is 1.02 bits per heavy atom. The maximum atomic E-state index is 5.16. The number of aryl methyl sites for hydroxylation is 2. The number of benzene rings is 6. The van der Waals surface area contributed by atoms with Gasteiger partial charge in [-0.1, -0.05) is 149 Å². The zero-order valence-electron chi connectivity index (χ0n) is 30.2. The van der Waals surface area contributed by atoms with Crippen molar-refractivity contribution in [2.24, 2.45) is 0 Å². The predicted molar refractivity (Wildman–Crippen MR) is 216 cm³/mol. The number of hydrogen-bond donors (Lipinski definition) is 0. The van der Waals surface area contributed by atoms with E-state index in [-0.39, 0.29) is 5.41 Å². The van der Waals surface area contributed by atoms with Crippen LogP contribution in [0.5, 0.6) is 0 Å². The molecule has 52 heavy (non-hydrogen) atoms. The van der Waals surface area contributed by atoms with Gasteiger partial charge in [0.15, 0.2) is 0 Å². The summed E-state index contributed by atoms with van der Waals surface area (Å²) in [5.41, 5.74) is 19.4. The van der Waals surface area contributed by atoms with Crippen molar-refractivity contribution in [1.82, 2.24) is 9.97 Å². The average Bonchev–Trinajstić information content (AvgIpc) is 3.49. The Hall–Kier alpha value is -5.86. The van der Waals surface area contributed by atoms with E-state index in [1.807, 2.05) is 0 Å². The molecular weight excluding hydrogens is 629 g/mol. The van der Waals surface area contributed by atoms with Crippen LogP contribution in [-0.4, -0.2) is 9.97 Å². The van der Waals surface area contributed by atoms with Crippen LogP contribution in [0.4, 0.5) is 0 Å². The zero-order chi connectivity index (χ0) is 35.2. The van der Waals surface area contributed by atoms with Gasteiger partial charge in [-0.25, -0.2) is 0 Å². The largest absolute Gasteiger partial charge is 0.251 e. The lowest BCUT2D eigenvalue weighted by molar-refractivity contribution is 0.563. The van der Waals surface area contributed by atoms with Gasteiger partial charge in [0.1, 0.15) is 0 Å². The Bertz CT molecular complexity index is 2700. The van der Waals surface area contributed by atoms with E-state index in [1.54, 1.807) is 0 Å². The lowest BCUT2D eigenvalue weighted by Crippen LogP contribution is -2.40. The first-order valence-corrected chi connectivity index (χ1v) is 18.7. The molecule has 2 aromatic heterocycles. The SMILES string of the molecule is CCc1ccc2ccc3c(-c4cccc(-c5ccc6c(c5)C5(c7ccccc7-6)c6ccccc6C(C)(C)c6ccccc65)c4)cc(CC)nc3c2n1. The molecule has 10 rings (SSSR count).